The van der Waals surface area contributed by atoms with Crippen molar-refractivity contribution in [1.29, 1.82) is 0 Å². The van der Waals surface area contributed by atoms with Crippen LogP contribution in [0.3, 0.4) is 0 Å². The summed E-state index contributed by atoms with van der Waals surface area (Å²) in [5, 5.41) is 60.2. The fourth-order valence-corrected chi connectivity index (χ4v) is 14.8. The van der Waals surface area contributed by atoms with E-state index < -0.39 is 53.5 Å². The third kappa shape index (κ3) is 25.7. The summed E-state index contributed by atoms with van der Waals surface area (Å²) < 4.78 is 102. The molecule has 38 heteroatoms. The van der Waals surface area contributed by atoms with Crippen molar-refractivity contribution in [3.05, 3.63) is 137 Å². The number of unbranched alkanes of at least 4 members (excludes halogenated alkanes) is 2. The molecule has 1 aliphatic carbocycles. The second-order valence-electron chi connectivity index (χ2n) is 22.9. The average molecular weight is 1530 g/mol. The summed E-state index contributed by atoms with van der Waals surface area (Å²) in [5.74, 6) is 0.0781. The molecule has 0 fully saturated rings. The predicted octanol–water partition coefficient (Wildman–Crippen LogP) is -8.85. The van der Waals surface area contributed by atoms with Crippen LogP contribution in [0.15, 0.2) is 140 Å². The van der Waals surface area contributed by atoms with Crippen LogP contribution in [0, 0.1) is 0 Å². The van der Waals surface area contributed by atoms with Gasteiger partial charge in [0.25, 0.3) is 11.8 Å². The molecule has 3 amide bonds. The maximum absolute atomic E-state index is 12.9. The molecule has 0 aromatic heterocycles. The second-order valence-corrected chi connectivity index (χ2v) is 28.9. The van der Waals surface area contributed by atoms with Crippen molar-refractivity contribution in [1.82, 2.24) is 10.2 Å². The number of imide groups is 1. The number of hydrogen-bond acceptors (Lipinski definition) is 28. The van der Waals surface area contributed by atoms with Gasteiger partial charge in [0, 0.05) is 149 Å². The van der Waals surface area contributed by atoms with Crippen molar-refractivity contribution in [3.8, 4) is 5.75 Å². The summed E-state index contributed by atoms with van der Waals surface area (Å²) in [5.41, 5.74) is 5.40. The van der Waals surface area contributed by atoms with E-state index in [1.807, 2.05) is 54.9 Å². The van der Waals surface area contributed by atoms with Crippen molar-refractivity contribution < 1.29 is 256 Å². The summed E-state index contributed by atoms with van der Waals surface area (Å²) in [7, 11) is -9.67. The van der Waals surface area contributed by atoms with Gasteiger partial charge in [0.1, 0.15) is 28.2 Å². The van der Waals surface area contributed by atoms with Crippen LogP contribution in [0.25, 0.3) is 10.8 Å². The van der Waals surface area contributed by atoms with Gasteiger partial charge in [0.2, 0.25) is 11.6 Å². The van der Waals surface area contributed by atoms with Crippen LogP contribution < -0.4 is 189 Å². The third-order valence-corrected chi connectivity index (χ3v) is 20.2. The van der Waals surface area contributed by atoms with E-state index in [4.69, 9.17) is 4.74 Å². The van der Waals surface area contributed by atoms with Crippen LogP contribution in [-0.2, 0) is 82.9 Å². The topological polar surface area (TPSA) is 366 Å². The molecule has 3 aliphatic heterocycles. The van der Waals surface area contributed by atoms with E-state index in [-0.39, 0.29) is 196 Å². The van der Waals surface area contributed by atoms with Crippen molar-refractivity contribution >= 4 is 120 Å². The van der Waals surface area contributed by atoms with Crippen LogP contribution in [0.5, 0.6) is 5.75 Å². The Morgan fingerprint density at radius 1 is 0.677 bits per heavy atom. The van der Waals surface area contributed by atoms with Crippen molar-refractivity contribution in [2.75, 3.05) is 66.3 Å². The van der Waals surface area contributed by atoms with Crippen molar-refractivity contribution in [3.63, 3.8) is 0 Å². The molecular formula is C61H68N5Na5O22S6. The number of anilines is 2. The first kappa shape index (κ1) is 92.5. The monoisotopic (exact) mass is 1530 g/mol. The van der Waals surface area contributed by atoms with E-state index in [0.29, 0.717) is 140 Å². The summed E-state index contributed by atoms with van der Waals surface area (Å²) in [4.78, 5) is 42.4. The number of nitrogens with zero attached hydrogens (tertiary/aromatic N) is 4. The van der Waals surface area contributed by atoms with E-state index in [2.05, 4.69) is 72.5 Å². The smallest absolute Gasteiger partial charge is 0.748 e. The average Bonchev–Trinajstić information content (AvgIpc) is 1.60. The zero-order chi connectivity index (χ0) is 67.6. The third-order valence-electron chi connectivity index (χ3n) is 16.2. The molecule has 0 radical (unpaired) electrons. The summed E-state index contributed by atoms with van der Waals surface area (Å²) in [6, 6.07) is 18.8. The number of carbonyl (C=O) groups excluding carboxylic acids is 3. The van der Waals surface area contributed by atoms with Gasteiger partial charge in [0.15, 0.2) is 5.71 Å². The van der Waals surface area contributed by atoms with Gasteiger partial charge in [0.05, 0.1) is 44.5 Å². The van der Waals surface area contributed by atoms with Gasteiger partial charge in [-0.3, -0.25) is 39.4 Å². The Balaban J connectivity index is 0.00000510. The number of rotatable bonds is 38. The second kappa shape index (κ2) is 44.5. The number of nitrogens with one attached hydrogen (secondary N) is 1. The van der Waals surface area contributed by atoms with Gasteiger partial charge >= 0.3 is 148 Å². The fourth-order valence-electron chi connectivity index (χ4n) is 12.0. The SMILES string of the molecule is CC1(C)C(/C=C/C2=C(Oc3ccc(SOO[O-])cc3)C(=C/C=C3/N(CCCCCC(=O)NCCN4C(=O)C=CC4=O)c4ccc5c(S(=O)(=O)[O-])cc(SOO[O-])cc5c4C3(C)C)/CCC2)=[N+](CCCS(=O)(=O)[O-])c2ccc(N(CCCSOO[O-])CCCSOO[O-])cc21.[Na+].[Na+].[Na+].[Na+].[Na+]. The molecule has 0 atom stereocenters. The number of fused-ring (bicyclic) bond motifs is 4. The molecule has 4 aromatic carbocycles. The van der Waals surface area contributed by atoms with Gasteiger partial charge < -0.3 is 50.0 Å². The first-order chi connectivity index (χ1) is 45.0. The Labute approximate surface area is 703 Å². The maximum atomic E-state index is 12.9. The molecule has 1 N–H and O–H groups in total. The maximum Gasteiger partial charge on any atom is 1.00 e. The predicted molar refractivity (Wildman–Crippen MR) is 338 cm³/mol. The Morgan fingerprint density at radius 2 is 1.31 bits per heavy atom. The minimum absolute atomic E-state index is 0. The van der Waals surface area contributed by atoms with Gasteiger partial charge in [-0.05, 0) is 153 Å². The van der Waals surface area contributed by atoms with Crippen molar-refractivity contribution in [2.45, 2.75) is 117 Å². The van der Waals surface area contributed by atoms with Crippen LogP contribution in [-0.4, -0.2) is 115 Å². The molecule has 4 aromatic rings. The summed E-state index contributed by atoms with van der Waals surface area (Å²) in [6.45, 7) is 9.83. The molecule has 0 unspecified atom stereocenters. The Morgan fingerprint density at radius 3 is 1.93 bits per heavy atom. The first-order valence-corrected chi connectivity index (χ1v) is 36.0. The molecule has 0 saturated heterocycles. The van der Waals surface area contributed by atoms with E-state index >= 15 is 0 Å². The minimum atomic E-state index is -5.09. The quantitative estimate of drug-likeness (QED) is 0.00636. The molecule has 0 spiro atoms. The molecular weight excluding hydrogens is 1460 g/mol. The number of ether oxygens (including phenoxy) is 1. The Kier molecular flexibility index (Phi) is 41.6. The number of hydrogen-bond donors (Lipinski definition) is 1. The Hall–Kier alpha value is -0.740. The summed E-state index contributed by atoms with van der Waals surface area (Å²) >= 11 is 2.90. The number of allylic oxidation sites excluding steroid dienone is 7. The van der Waals surface area contributed by atoms with E-state index in [9.17, 15) is 61.4 Å². The van der Waals surface area contributed by atoms with Crippen LogP contribution in [0.4, 0.5) is 17.1 Å². The van der Waals surface area contributed by atoms with Gasteiger partial charge in [-0.25, -0.2) is 16.8 Å². The molecule has 0 saturated carbocycles. The van der Waals surface area contributed by atoms with Crippen molar-refractivity contribution in [2.24, 2.45) is 0 Å². The molecule has 0 bridgehead atoms. The standard InChI is InChI=1S/C61H73N5O22S6.5Na/c1-60(2)49-38-43(63(30-9-35-89-85-81-70)31-10-36-90-86-82-71)17-23-50(49)64(33-11-37-93(74,75)76)53(60)25-15-41-12-8-13-42(59(41)80-44-18-20-45(21-19-44)91-87-83-72)16-26-54-61(3,4)58-48-39-46(92-88-84-73)40-52(94(77,78)79)47(48)22-24-51(58)65(54)32-7-5-6-14-55(67)62-29-34-66-56(68)27-28-57(66)69;;;;;/h15-28,38-40H,5-14,29-37H2,1-4H3,(H6-,62,67,70,71,72,73,74,75,76,77,78,79);;;;;/q;5*+1/p-5. The number of benzene rings is 4. The van der Waals surface area contributed by atoms with E-state index in [1.54, 1.807) is 42.5 Å². The number of amides is 3. The zero-order valence-corrected chi connectivity index (χ0v) is 71.4. The molecule has 4 aliphatic rings. The van der Waals surface area contributed by atoms with Crippen LogP contribution in [0.2, 0.25) is 0 Å². The minimum Gasteiger partial charge on any atom is -0.748 e. The van der Waals surface area contributed by atoms with E-state index in [1.165, 1.54) is 12.2 Å². The van der Waals surface area contributed by atoms with Crippen LogP contribution in [0.1, 0.15) is 103 Å². The van der Waals surface area contributed by atoms with Crippen LogP contribution >= 0.6 is 48.2 Å². The fraction of sp³-hybridized carbons (Fsp3) is 0.410. The largest absolute Gasteiger partial charge is 1.00 e. The molecule has 8 rings (SSSR count). The van der Waals surface area contributed by atoms with Gasteiger partial charge in [-0.1, -0.05) is 32.4 Å². The molecule has 27 nitrogen and oxygen atoms in total. The molecule has 3 heterocycles. The first-order valence-electron chi connectivity index (χ1n) is 29.7. The van der Waals surface area contributed by atoms with Gasteiger partial charge in [-0.15, -0.1) is 0 Å². The zero-order valence-electron chi connectivity index (χ0n) is 56.5. The Bertz CT molecular complexity index is 3800. The normalized spacial score (nSPS) is 16.2. The molecule has 510 valence electrons. The molecule has 99 heavy (non-hydrogen) atoms. The summed E-state index contributed by atoms with van der Waals surface area (Å²) in [6.07, 6.45) is 15.0. The van der Waals surface area contributed by atoms with Gasteiger partial charge in [-0.2, -0.15) is 21.9 Å². The van der Waals surface area contributed by atoms with E-state index in [0.717, 1.165) is 74.5 Å². The number of carbonyl (C=O) groups is 3.